The van der Waals surface area contributed by atoms with Crippen LogP contribution in [-0.2, 0) is 0 Å². The molecule has 1 rings (SSSR count). The van der Waals surface area contributed by atoms with Gasteiger partial charge >= 0.3 is 0 Å². The van der Waals surface area contributed by atoms with E-state index in [0.29, 0.717) is 6.42 Å². The second-order valence-corrected chi connectivity index (χ2v) is 3.06. The van der Waals surface area contributed by atoms with E-state index in [1.54, 1.807) is 19.1 Å². The molecule has 0 fully saturated rings. The fraction of sp³-hybridized carbons (Fsp3) is 0.400. The molecule has 3 heteroatoms. The molecule has 0 atom stereocenters. The quantitative estimate of drug-likeness (QED) is 0.717. The number of aromatic nitrogens is 1. The van der Waals surface area contributed by atoms with Crippen molar-refractivity contribution in [2.24, 2.45) is 0 Å². The van der Waals surface area contributed by atoms with E-state index < -0.39 is 0 Å². The lowest BCUT2D eigenvalue weighted by Gasteiger charge is -1.98. The number of H-pyrrole nitrogens is 1. The van der Waals surface area contributed by atoms with Crippen LogP contribution in [0.3, 0.4) is 0 Å². The van der Waals surface area contributed by atoms with Crippen LogP contribution in [0.1, 0.15) is 35.8 Å². The molecule has 1 heterocycles. The number of hydrogen-bond acceptors (Lipinski definition) is 2. The average molecular weight is 179 g/mol. The third-order valence-electron chi connectivity index (χ3n) is 1.83. The predicted octanol–water partition coefficient (Wildman–Crippen LogP) is 1.67. The summed E-state index contributed by atoms with van der Waals surface area (Å²) in [5, 5.41) is 0. The second kappa shape index (κ2) is 4.03. The molecule has 1 aromatic rings. The smallest absolute Gasteiger partial charge is 0.259 e. The lowest BCUT2D eigenvalue weighted by molar-refractivity contribution is 0.0980. The molecule has 70 valence electrons. The Morgan fingerprint density at radius 1 is 1.46 bits per heavy atom. The molecule has 1 N–H and O–H groups in total. The van der Waals surface area contributed by atoms with Crippen LogP contribution in [0.4, 0.5) is 0 Å². The van der Waals surface area contributed by atoms with Gasteiger partial charge in [-0.3, -0.25) is 9.59 Å². The summed E-state index contributed by atoms with van der Waals surface area (Å²) in [7, 11) is 0. The fourth-order valence-corrected chi connectivity index (χ4v) is 1.15. The Balaban J connectivity index is 3.02. The molecule has 0 aliphatic carbocycles. The summed E-state index contributed by atoms with van der Waals surface area (Å²) in [5.74, 6) is -0.0799. The summed E-state index contributed by atoms with van der Waals surface area (Å²) in [6, 6.07) is 3.33. The Morgan fingerprint density at radius 3 is 2.69 bits per heavy atom. The maximum absolute atomic E-state index is 11.4. The Kier molecular flexibility index (Phi) is 3.01. The summed E-state index contributed by atoms with van der Waals surface area (Å²) < 4.78 is 0. The van der Waals surface area contributed by atoms with E-state index in [1.165, 1.54) is 0 Å². The highest BCUT2D eigenvalue weighted by atomic mass is 16.1. The molecular formula is C10H13NO2. The zero-order valence-electron chi connectivity index (χ0n) is 7.89. The average Bonchev–Trinajstić information content (AvgIpc) is 2.04. The maximum Gasteiger partial charge on any atom is 0.259 e. The van der Waals surface area contributed by atoms with Crippen LogP contribution in [0.25, 0.3) is 0 Å². The van der Waals surface area contributed by atoms with E-state index in [-0.39, 0.29) is 16.9 Å². The van der Waals surface area contributed by atoms with E-state index in [2.05, 4.69) is 4.98 Å². The standard InChI is InChI=1S/C10H13NO2/c1-3-4-9(12)8-6-5-7(2)11-10(8)13/h5-6H,3-4H2,1-2H3,(H,11,13). The summed E-state index contributed by atoms with van der Waals surface area (Å²) in [5.41, 5.74) is 0.768. The molecule has 0 saturated carbocycles. The Morgan fingerprint density at radius 2 is 2.15 bits per heavy atom. The highest BCUT2D eigenvalue weighted by molar-refractivity contribution is 5.95. The zero-order valence-corrected chi connectivity index (χ0v) is 7.89. The number of aryl methyl sites for hydroxylation is 1. The van der Waals surface area contributed by atoms with Crippen LogP contribution < -0.4 is 5.56 Å². The Bertz CT molecular complexity index is 365. The summed E-state index contributed by atoms with van der Waals surface area (Å²) in [6.45, 7) is 3.70. The number of hydrogen-bond donors (Lipinski definition) is 1. The number of carbonyl (C=O) groups excluding carboxylic acids is 1. The molecule has 0 radical (unpaired) electrons. The molecule has 0 bridgehead atoms. The lowest BCUT2D eigenvalue weighted by atomic mass is 10.1. The van der Waals surface area contributed by atoms with Crippen LogP contribution in [0, 0.1) is 6.92 Å². The lowest BCUT2D eigenvalue weighted by Crippen LogP contribution is -2.17. The largest absolute Gasteiger partial charge is 0.326 e. The van der Waals surface area contributed by atoms with Gasteiger partial charge in [0.2, 0.25) is 0 Å². The molecule has 3 nitrogen and oxygen atoms in total. The molecular weight excluding hydrogens is 166 g/mol. The molecule has 0 saturated heterocycles. The van der Waals surface area contributed by atoms with E-state index in [4.69, 9.17) is 0 Å². The monoisotopic (exact) mass is 179 g/mol. The number of carbonyl (C=O) groups is 1. The number of rotatable bonds is 3. The van der Waals surface area contributed by atoms with Crippen molar-refractivity contribution in [3.63, 3.8) is 0 Å². The van der Waals surface area contributed by atoms with Crippen molar-refractivity contribution in [3.05, 3.63) is 33.7 Å². The van der Waals surface area contributed by atoms with Gasteiger partial charge in [-0.15, -0.1) is 0 Å². The number of ketones is 1. The molecule has 0 unspecified atom stereocenters. The Labute approximate surface area is 76.8 Å². The van der Waals surface area contributed by atoms with Gasteiger partial charge in [-0.25, -0.2) is 0 Å². The van der Waals surface area contributed by atoms with Crippen molar-refractivity contribution in [2.45, 2.75) is 26.7 Å². The van der Waals surface area contributed by atoms with Gasteiger partial charge in [0.05, 0.1) is 5.56 Å². The maximum atomic E-state index is 11.4. The van der Waals surface area contributed by atoms with Crippen LogP contribution in [0.5, 0.6) is 0 Å². The van der Waals surface area contributed by atoms with Gasteiger partial charge in [0.15, 0.2) is 5.78 Å². The molecule has 1 aromatic heterocycles. The molecule has 0 aliphatic rings. The van der Waals surface area contributed by atoms with Gasteiger partial charge in [-0.2, -0.15) is 0 Å². The minimum atomic E-state index is -0.279. The van der Waals surface area contributed by atoms with Crippen LogP contribution >= 0.6 is 0 Å². The van der Waals surface area contributed by atoms with Crippen molar-refractivity contribution in [1.29, 1.82) is 0 Å². The van der Waals surface area contributed by atoms with E-state index in [1.807, 2.05) is 6.92 Å². The van der Waals surface area contributed by atoms with Crippen molar-refractivity contribution in [2.75, 3.05) is 0 Å². The second-order valence-electron chi connectivity index (χ2n) is 3.06. The number of aromatic amines is 1. The van der Waals surface area contributed by atoms with Crippen molar-refractivity contribution in [3.8, 4) is 0 Å². The van der Waals surface area contributed by atoms with Crippen molar-refractivity contribution >= 4 is 5.78 Å². The number of pyridine rings is 1. The first-order chi connectivity index (χ1) is 6.15. The van der Waals surface area contributed by atoms with Crippen molar-refractivity contribution < 1.29 is 4.79 Å². The molecule has 13 heavy (non-hydrogen) atoms. The van der Waals surface area contributed by atoms with Crippen molar-refractivity contribution in [1.82, 2.24) is 4.98 Å². The first-order valence-corrected chi connectivity index (χ1v) is 4.38. The van der Waals surface area contributed by atoms with Crippen LogP contribution in [-0.4, -0.2) is 10.8 Å². The van der Waals surface area contributed by atoms with Crippen LogP contribution in [0.2, 0.25) is 0 Å². The van der Waals surface area contributed by atoms with Gasteiger partial charge in [-0.1, -0.05) is 6.92 Å². The van der Waals surface area contributed by atoms with E-state index in [9.17, 15) is 9.59 Å². The summed E-state index contributed by atoms with van der Waals surface area (Å²) in [4.78, 5) is 25.2. The van der Waals surface area contributed by atoms with Gasteiger partial charge in [-0.05, 0) is 25.5 Å². The minimum Gasteiger partial charge on any atom is -0.326 e. The zero-order chi connectivity index (χ0) is 9.84. The van der Waals surface area contributed by atoms with Crippen LogP contribution in [0.15, 0.2) is 16.9 Å². The molecule has 0 aromatic carbocycles. The van der Waals surface area contributed by atoms with Gasteiger partial charge in [0.25, 0.3) is 5.56 Å². The molecule has 0 amide bonds. The first kappa shape index (κ1) is 9.71. The summed E-state index contributed by atoms with van der Waals surface area (Å²) in [6.07, 6.45) is 1.21. The number of Topliss-reactive ketones (excluding diaryl/α,β-unsaturated/α-hetero) is 1. The topological polar surface area (TPSA) is 49.9 Å². The first-order valence-electron chi connectivity index (χ1n) is 4.38. The highest BCUT2D eigenvalue weighted by Gasteiger charge is 2.08. The summed E-state index contributed by atoms with van der Waals surface area (Å²) >= 11 is 0. The van der Waals surface area contributed by atoms with Gasteiger partial charge in [0.1, 0.15) is 0 Å². The number of nitrogens with one attached hydrogen (secondary N) is 1. The predicted molar refractivity (Wildman–Crippen MR) is 51.0 cm³/mol. The van der Waals surface area contributed by atoms with E-state index >= 15 is 0 Å². The highest BCUT2D eigenvalue weighted by Crippen LogP contribution is 2.00. The normalized spacial score (nSPS) is 10.0. The Hall–Kier alpha value is -1.38. The SMILES string of the molecule is CCCC(=O)c1ccc(C)[nH]c1=O. The minimum absolute atomic E-state index is 0.0799. The third-order valence-corrected chi connectivity index (χ3v) is 1.83. The van der Waals surface area contributed by atoms with E-state index in [0.717, 1.165) is 12.1 Å². The third kappa shape index (κ3) is 2.28. The molecule has 0 aliphatic heterocycles. The van der Waals surface area contributed by atoms with Gasteiger partial charge in [0, 0.05) is 12.1 Å². The van der Waals surface area contributed by atoms with Gasteiger partial charge < -0.3 is 4.98 Å². The molecule has 0 spiro atoms. The fourth-order valence-electron chi connectivity index (χ4n) is 1.15.